The van der Waals surface area contributed by atoms with Crippen molar-refractivity contribution in [3.8, 4) is 0 Å². The summed E-state index contributed by atoms with van der Waals surface area (Å²) in [7, 11) is 2.12. The predicted molar refractivity (Wildman–Crippen MR) is 117 cm³/mol. The smallest absolute Gasteiger partial charge is 0.261 e. The van der Waals surface area contributed by atoms with Crippen LogP contribution in [0.25, 0.3) is 21.1 Å². The molecule has 0 bridgehead atoms. The molecule has 5 rings (SSSR count). The molecule has 7 nitrogen and oxygen atoms in total. The van der Waals surface area contributed by atoms with Crippen LogP contribution in [0.3, 0.4) is 0 Å². The summed E-state index contributed by atoms with van der Waals surface area (Å²) in [5.41, 5.74) is 2.03. The molecule has 8 heteroatoms. The minimum Gasteiger partial charge on any atom is -0.361 e. The molecule has 1 aromatic carbocycles. The van der Waals surface area contributed by atoms with Gasteiger partial charge in [0.2, 0.25) is 0 Å². The molecule has 0 unspecified atom stereocenters. The lowest BCUT2D eigenvalue weighted by Crippen LogP contribution is -2.43. The Morgan fingerprint density at radius 2 is 2.07 bits per heavy atom. The molecule has 3 N–H and O–H groups in total. The number of thiophene rings is 1. The highest BCUT2D eigenvalue weighted by molar-refractivity contribution is 7.20. The van der Waals surface area contributed by atoms with Crippen LogP contribution < -0.4 is 10.6 Å². The normalized spacial score (nSPS) is 15.8. The number of nitrogens with zero attached hydrogens (tertiary/aromatic N) is 3. The van der Waals surface area contributed by atoms with E-state index in [1.165, 1.54) is 17.7 Å². The lowest BCUT2D eigenvalue weighted by atomic mass is 10.1. The summed E-state index contributed by atoms with van der Waals surface area (Å²) in [5, 5.41) is 8.54. The molecule has 1 aliphatic rings. The molecule has 0 saturated carbocycles. The molecule has 1 aliphatic heterocycles. The van der Waals surface area contributed by atoms with Crippen molar-refractivity contribution >= 4 is 49.9 Å². The van der Waals surface area contributed by atoms with E-state index in [0.29, 0.717) is 10.7 Å². The van der Waals surface area contributed by atoms with Gasteiger partial charge in [-0.05, 0) is 63.3 Å². The van der Waals surface area contributed by atoms with Crippen molar-refractivity contribution in [3.63, 3.8) is 0 Å². The summed E-state index contributed by atoms with van der Waals surface area (Å²) in [6, 6.07) is 10.3. The Morgan fingerprint density at radius 1 is 1.21 bits per heavy atom. The number of anilines is 2. The topological polar surface area (TPSA) is 85.9 Å². The van der Waals surface area contributed by atoms with Gasteiger partial charge in [0.05, 0.1) is 10.3 Å². The van der Waals surface area contributed by atoms with Crippen LogP contribution in [0.1, 0.15) is 22.5 Å². The number of amides is 1. The summed E-state index contributed by atoms with van der Waals surface area (Å²) in [6.45, 7) is 2.03. The predicted octanol–water partition coefficient (Wildman–Crippen LogP) is 3.74. The fourth-order valence-electron chi connectivity index (χ4n) is 3.74. The first-order valence-corrected chi connectivity index (χ1v) is 10.6. The number of benzene rings is 1. The molecule has 29 heavy (non-hydrogen) atoms. The van der Waals surface area contributed by atoms with E-state index >= 15 is 0 Å². The van der Waals surface area contributed by atoms with Crippen molar-refractivity contribution in [1.29, 1.82) is 0 Å². The van der Waals surface area contributed by atoms with Gasteiger partial charge in [-0.2, -0.15) is 0 Å². The monoisotopic (exact) mass is 406 g/mol. The van der Waals surface area contributed by atoms with Gasteiger partial charge < -0.3 is 20.5 Å². The van der Waals surface area contributed by atoms with Gasteiger partial charge in [0.1, 0.15) is 17.0 Å². The molecule has 1 amide bonds. The summed E-state index contributed by atoms with van der Waals surface area (Å²) < 4.78 is 0. The second kappa shape index (κ2) is 7.46. The fourth-order valence-corrected chi connectivity index (χ4v) is 4.65. The molecule has 1 saturated heterocycles. The van der Waals surface area contributed by atoms with Crippen molar-refractivity contribution in [2.24, 2.45) is 0 Å². The molecular weight excluding hydrogens is 384 g/mol. The summed E-state index contributed by atoms with van der Waals surface area (Å²) in [4.78, 5) is 28.5. The minimum absolute atomic E-state index is 0.0257. The third-order valence-corrected chi connectivity index (χ3v) is 6.46. The summed E-state index contributed by atoms with van der Waals surface area (Å²) in [5.74, 6) is 0.682. The highest BCUT2D eigenvalue weighted by atomic mass is 32.1. The van der Waals surface area contributed by atoms with Crippen molar-refractivity contribution in [3.05, 3.63) is 47.7 Å². The van der Waals surface area contributed by atoms with Crippen molar-refractivity contribution in [2.75, 3.05) is 25.5 Å². The first-order valence-electron chi connectivity index (χ1n) is 9.74. The lowest BCUT2D eigenvalue weighted by molar-refractivity contribution is 0.0921. The number of rotatable bonds is 4. The first-order chi connectivity index (χ1) is 14.2. The number of carbonyl (C=O) groups is 1. The van der Waals surface area contributed by atoms with Crippen LogP contribution in [0.4, 0.5) is 11.5 Å². The molecule has 3 aromatic heterocycles. The second-order valence-electron chi connectivity index (χ2n) is 7.51. The van der Waals surface area contributed by atoms with Gasteiger partial charge in [-0.15, -0.1) is 11.3 Å². The standard InChI is InChI=1S/C21H22N6OS/c1-27-8-5-14(6-9-27)26-20(28)18-11-16-19(23-12-24-21(16)29-18)25-15-2-3-17-13(10-15)4-7-22-17/h2-4,7,10-12,14,22H,5-6,8-9H2,1H3,(H,26,28)(H,23,24,25). The number of hydrogen-bond acceptors (Lipinski definition) is 6. The Bertz CT molecular complexity index is 1170. The van der Waals surface area contributed by atoms with Crippen molar-refractivity contribution in [1.82, 2.24) is 25.2 Å². The zero-order valence-corrected chi connectivity index (χ0v) is 16.9. The Morgan fingerprint density at radius 3 is 2.93 bits per heavy atom. The molecule has 1 fully saturated rings. The van der Waals surface area contributed by atoms with E-state index in [1.54, 1.807) is 0 Å². The van der Waals surface area contributed by atoms with E-state index < -0.39 is 0 Å². The van der Waals surface area contributed by atoms with Gasteiger partial charge in [-0.1, -0.05) is 0 Å². The number of aromatic amines is 1. The van der Waals surface area contributed by atoms with Gasteiger partial charge in [0.15, 0.2) is 0 Å². The third-order valence-electron chi connectivity index (χ3n) is 5.42. The zero-order chi connectivity index (χ0) is 19.8. The molecule has 4 heterocycles. The highest BCUT2D eigenvalue weighted by Crippen LogP contribution is 2.30. The fraction of sp³-hybridized carbons (Fsp3) is 0.286. The minimum atomic E-state index is -0.0257. The van der Waals surface area contributed by atoms with E-state index in [0.717, 1.165) is 52.7 Å². The van der Waals surface area contributed by atoms with Crippen LogP contribution in [0.15, 0.2) is 42.9 Å². The van der Waals surface area contributed by atoms with Crippen molar-refractivity contribution in [2.45, 2.75) is 18.9 Å². The molecule has 4 aromatic rings. The molecule has 0 atom stereocenters. The Balaban J connectivity index is 1.38. The van der Waals surface area contributed by atoms with E-state index in [4.69, 9.17) is 0 Å². The van der Waals surface area contributed by atoms with E-state index in [1.807, 2.05) is 30.5 Å². The lowest BCUT2D eigenvalue weighted by Gasteiger charge is -2.29. The number of hydrogen-bond donors (Lipinski definition) is 3. The van der Waals surface area contributed by atoms with Crippen LogP contribution in [-0.4, -0.2) is 51.9 Å². The second-order valence-corrected chi connectivity index (χ2v) is 8.54. The van der Waals surface area contributed by atoms with Crippen LogP contribution in [0.5, 0.6) is 0 Å². The molecule has 0 spiro atoms. The molecule has 0 aliphatic carbocycles. The summed E-state index contributed by atoms with van der Waals surface area (Å²) in [6.07, 6.45) is 5.43. The SMILES string of the molecule is CN1CCC(NC(=O)c2cc3c(Nc4ccc5[nH]ccc5c4)ncnc3s2)CC1. The van der Waals surface area contributed by atoms with Crippen LogP contribution in [0, 0.1) is 0 Å². The molecule has 0 radical (unpaired) electrons. The number of H-pyrrole nitrogens is 1. The largest absolute Gasteiger partial charge is 0.361 e. The quantitative estimate of drug-likeness (QED) is 0.481. The average molecular weight is 407 g/mol. The Labute approximate surface area is 172 Å². The maximum atomic E-state index is 12.8. The van der Waals surface area contributed by atoms with Crippen LogP contribution >= 0.6 is 11.3 Å². The Kier molecular flexibility index (Phi) is 4.65. The van der Waals surface area contributed by atoms with Gasteiger partial charge in [0, 0.05) is 28.8 Å². The Hall–Kier alpha value is -2.97. The van der Waals surface area contributed by atoms with Gasteiger partial charge in [-0.3, -0.25) is 4.79 Å². The number of carbonyl (C=O) groups excluding carboxylic acids is 1. The molecular formula is C21H22N6OS. The first kappa shape index (κ1) is 18.1. The number of likely N-dealkylation sites (tertiary alicyclic amines) is 1. The van der Waals surface area contributed by atoms with Crippen LogP contribution in [-0.2, 0) is 0 Å². The maximum absolute atomic E-state index is 12.8. The third kappa shape index (κ3) is 3.68. The van der Waals surface area contributed by atoms with Crippen molar-refractivity contribution < 1.29 is 4.79 Å². The number of fused-ring (bicyclic) bond motifs is 2. The number of aromatic nitrogens is 3. The van der Waals surface area contributed by atoms with Gasteiger partial charge in [0.25, 0.3) is 5.91 Å². The number of nitrogens with one attached hydrogen (secondary N) is 3. The highest BCUT2D eigenvalue weighted by Gasteiger charge is 2.21. The van der Waals surface area contributed by atoms with Gasteiger partial charge in [-0.25, -0.2) is 9.97 Å². The van der Waals surface area contributed by atoms with E-state index in [2.05, 4.69) is 43.6 Å². The van der Waals surface area contributed by atoms with E-state index in [-0.39, 0.29) is 11.9 Å². The zero-order valence-electron chi connectivity index (χ0n) is 16.1. The average Bonchev–Trinajstić information content (AvgIpc) is 3.36. The number of piperidine rings is 1. The van der Waals surface area contributed by atoms with E-state index in [9.17, 15) is 4.79 Å². The van der Waals surface area contributed by atoms with Crippen LogP contribution in [0.2, 0.25) is 0 Å². The molecule has 148 valence electrons. The summed E-state index contributed by atoms with van der Waals surface area (Å²) >= 11 is 1.40. The van der Waals surface area contributed by atoms with Gasteiger partial charge >= 0.3 is 0 Å². The maximum Gasteiger partial charge on any atom is 0.261 e.